The Morgan fingerprint density at radius 3 is 2.40 bits per heavy atom. The number of rotatable bonds is 8. The van der Waals surface area contributed by atoms with Gasteiger partial charge in [0.25, 0.3) is 0 Å². The maximum Gasteiger partial charge on any atom is 0.211 e. The summed E-state index contributed by atoms with van der Waals surface area (Å²) < 4.78 is 0. The van der Waals surface area contributed by atoms with Gasteiger partial charge in [0.1, 0.15) is 0 Å². The van der Waals surface area contributed by atoms with E-state index in [1.807, 2.05) is 19.1 Å². The van der Waals surface area contributed by atoms with Gasteiger partial charge >= 0.3 is 0 Å². The molecule has 1 atom stereocenters. The van der Waals surface area contributed by atoms with E-state index in [1.165, 1.54) is 0 Å². The van der Waals surface area contributed by atoms with E-state index in [2.05, 4.69) is 58.6 Å². The number of anilines is 1. The number of allylic oxidation sites excluding steroid dienone is 1. The van der Waals surface area contributed by atoms with Crippen LogP contribution in [0.5, 0.6) is 0 Å². The molecule has 3 nitrogen and oxygen atoms in total. The summed E-state index contributed by atoms with van der Waals surface area (Å²) in [6.45, 7) is 16.8. The largest absolute Gasteiger partial charge is 0.328 e. The molecule has 3 heteroatoms. The van der Waals surface area contributed by atoms with Crippen LogP contribution in [0.25, 0.3) is 5.57 Å². The fraction of sp³-hybridized carbons (Fsp3) is 0.545. The first-order valence-corrected chi connectivity index (χ1v) is 8.86. The van der Waals surface area contributed by atoms with Crippen molar-refractivity contribution >= 4 is 17.7 Å². The molecule has 1 rings (SSSR count). The topological polar surface area (TPSA) is 52.9 Å². The molecule has 0 bridgehead atoms. The second-order valence-corrected chi connectivity index (χ2v) is 9.06. The molecule has 25 heavy (non-hydrogen) atoms. The Labute approximate surface area is 153 Å². The predicted octanol–water partition coefficient (Wildman–Crippen LogP) is 5.82. The second-order valence-electron chi connectivity index (χ2n) is 9.06. The number of carbonyl (C=O) groups is 1. The van der Waals surface area contributed by atoms with Crippen LogP contribution in [-0.4, -0.2) is 6.41 Å². The molecule has 1 amide bonds. The molecule has 1 aromatic carbocycles. The zero-order valence-electron chi connectivity index (χ0n) is 16.6. The molecule has 0 aliphatic rings. The molecule has 0 fully saturated rings. The fourth-order valence-electron chi connectivity index (χ4n) is 3.45. The Kier molecular flexibility index (Phi) is 6.99. The lowest BCUT2D eigenvalue weighted by atomic mass is 9.74. The molecule has 0 saturated carbocycles. The van der Waals surface area contributed by atoms with Crippen molar-refractivity contribution in [2.24, 2.45) is 16.7 Å². The highest BCUT2D eigenvalue weighted by atomic mass is 16.1. The Bertz CT molecular complexity index is 660. The van der Waals surface area contributed by atoms with Crippen LogP contribution in [0.2, 0.25) is 0 Å². The number of nitriles is 1. The van der Waals surface area contributed by atoms with Gasteiger partial charge in [0.15, 0.2) is 0 Å². The standard InChI is InChI=1S/C22H32N2O/c1-16(2)19-9-8-17(10-20(19)24-15-25)12-22(6,7)13-18(14-23)11-21(3,4)5/h8-10,15,18H,1,11-13H2,2-7H3,(H,24,25). The van der Waals surface area contributed by atoms with Gasteiger partial charge in [-0.25, -0.2) is 0 Å². The van der Waals surface area contributed by atoms with Crippen molar-refractivity contribution in [3.63, 3.8) is 0 Å². The summed E-state index contributed by atoms with van der Waals surface area (Å²) in [6.07, 6.45) is 3.32. The van der Waals surface area contributed by atoms with Crippen molar-refractivity contribution in [2.75, 3.05) is 5.32 Å². The van der Waals surface area contributed by atoms with Crippen LogP contribution in [0.3, 0.4) is 0 Å². The highest BCUT2D eigenvalue weighted by Crippen LogP contribution is 2.36. The van der Waals surface area contributed by atoms with Crippen LogP contribution in [0, 0.1) is 28.1 Å². The Morgan fingerprint density at radius 2 is 1.92 bits per heavy atom. The zero-order chi connectivity index (χ0) is 19.3. The van der Waals surface area contributed by atoms with Crippen molar-refractivity contribution in [1.82, 2.24) is 0 Å². The van der Waals surface area contributed by atoms with E-state index >= 15 is 0 Å². The van der Waals surface area contributed by atoms with E-state index in [0.29, 0.717) is 6.41 Å². The van der Waals surface area contributed by atoms with Gasteiger partial charge in [-0.1, -0.05) is 53.3 Å². The van der Waals surface area contributed by atoms with Crippen LogP contribution in [-0.2, 0) is 11.2 Å². The van der Waals surface area contributed by atoms with E-state index < -0.39 is 0 Å². The van der Waals surface area contributed by atoms with Crippen molar-refractivity contribution in [1.29, 1.82) is 5.26 Å². The van der Waals surface area contributed by atoms with Crippen molar-refractivity contribution in [2.45, 2.75) is 60.8 Å². The summed E-state index contributed by atoms with van der Waals surface area (Å²) >= 11 is 0. The first-order chi connectivity index (χ1) is 11.5. The molecule has 0 aromatic heterocycles. The minimum Gasteiger partial charge on any atom is -0.328 e. The summed E-state index contributed by atoms with van der Waals surface area (Å²) in [5, 5.41) is 12.3. The van der Waals surface area contributed by atoms with Crippen LogP contribution in [0.1, 0.15) is 65.5 Å². The zero-order valence-corrected chi connectivity index (χ0v) is 16.6. The van der Waals surface area contributed by atoms with Gasteiger partial charge in [0.05, 0.1) is 6.07 Å². The second kappa shape index (κ2) is 8.34. The third kappa shape index (κ3) is 7.13. The first-order valence-electron chi connectivity index (χ1n) is 8.86. The number of nitrogens with zero attached hydrogens (tertiary/aromatic N) is 1. The number of hydrogen-bond acceptors (Lipinski definition) is 2. The Hall–Kier alpha value is -2.08. The van der Waals surface area contributed by atoms with E-state index in [1.54, 1.807) is 0 Å². The number of benzene rings is 1. The minimum atomic E-state index is 0.00877. The highest BCUT2D eigenvalue weighted by Gasteiger charge is 2.27. The smallest absolute Gasteiger partial charge is 0.211 e. The molecule has 1 unspecified atom stereocenters. The third-order valence-corrected chi connectivity index (χ3v) is 4.28. The normalized spacial score (nSPS) is 13.0. The lowest BCUT2D eigenvalue weighted by molar-refractivity contribution is -0.105. The molecule has 0 aliphatic carbocycles. The highest BCUT2D eigenvalue weighted by molar-refractivity contribution is 5.82. The lowest BCUT2D eigenvalue weighted by Gasteiger charge is -2.30. The average molecular weight is 341 g/mol. The average Bonchev–Trinajstić information content (AvgIpc) is 2.44. The molecule has 0 radical (unpaired) electrons. The molecule has 0 spiro atoms. The quantitative estimate of drug-likeness (QED) is 0.606. The molecular formula is C22H32N2O. The Morgan fingerprint density at radius 1 is 1.28 bits per heavy atom. The van der Waals surface area contributed by atoms with Crippen LogP contribution in [0.15, 0.2) is 24.8 Å². The van der Waals surface area contributed by atoms with Crippen molar-refractivity contribution in [3.05, 3.63) is 35.9 Å². The number of nitrogens with one attached hydrogen (secondary N) is 1. The monoisotopic (exact) mass is 340 g/mol. The van der Waals surface area contributed by atoms with Crippen molar-refractivity contribution < 1.29 is 4.79 Å². The first kappa shape index (κ1) is 21.0. The molecule has 0 saturated heterocycles. The van der Waals surface area contributed by atoms with Gasteiger partial charge in [-0.15, -0.1) is 0 Å². The molecule has 0 aliphatic heterocycles. The Balaban J connectivity index is 2.95. The SMILES string of the molecule is C=C(C)c1ccc(CC(C)(C)CC(C#N)CC(C)(C)C)cc1NC=O. The molecular weight excluding hydrogens is 308 g/mol. The molecule has 1 N–H and O–H groups in total. The van der Waals surface area contributed by atoms with E-state index in [-0.39, 0.29) is 16.7 Å². The number of amides is 1. The third-order valence-electron chi connectivity index (χ3n) is 4.28. The van der Waals surface area contributed by atoms with Crippen LogP contribution < -0.4 is 5.32 Å². The summed E-state index contributed by atoms with van der Waals surface area (Å²) in [5.74, 6) is 0.0530. The minimum absolute atomic E-state index is 0.00877. The lowest BCUT2D eigenvalue weighted by Crippen LogP contribution is -2.22. The van der Waals surface area contributed by atoms with Crippen LogP contribution >= 0.6 is 0 Å². The van der Waals surface area contributed by atoms with Gasteiger partial charge in [0, 0.05) is 17.2 Å². The van der Waals surface area contributed by atoms with Gasteiger partial charge < -0.3 is 5.32 Å². The van der Waals surface area contributed by atoms with E-state index in [0.717, 1.165) is 41.6 Å². The molecule has 1 aromatic rings. The molecule has 136 valence electrons. The molecule has 0 heterocycles. The van der Waals surface area contributed by atoms with Crippen LogP contribution in [0.4, 0.5) is 5.69 Å². The number of hydrogen-bond donors (Lipinski definition) is 1. The maximum atomic E-state index is 10.9. The summed E-state index contributed by atoms with van der Waals surface area (Å²) in [4.78, 5) is 10.9. The summed E-state index contributed by atoms with van der Waals surface area (Å²) in [7, 11) is 0. The summed E-state index contributed by atoms with van der Waals surface area (Å²) in [5.41, 5.74) is 3.99. The fourth-order valence-corrected chi connectivity index (χ4v) is 3.45. The van der Waals surface area contributed by atoms with E-state index in [4.69, 9.17) is 0 Å². The number of carbonyl (C=O) groups excluding carboxylic acids is 1. The van der Waals surface area contributed by atoms with Crippen molar-refractivity contribution in [3.8, 4) is 6.07 Å². The van der Waals surface area contributed by atoms with E-state index in [9.17, 15) is 10.1 Å². The van der Waals surface area contributed by atoms with Gasteiger partial charge in [-0.2, -0.15) is 5.26 Å². The van der Waals surface area contributed by atoms with Gasteiger partial charge in [-0.3, -0.25) is 4.79 Å². The maximum absolute atomic E-state index is 10.9. The predicted molar refractivity (Wildman–Crippen MR) is 106 cm³/mol. The summed E-state index contributed by atoms with van der Waals surface area (Å²) in [6, 6.07) is 8.61. The van der Waals surface area contributed by atoms with Gasteiger partial charge in [-0.05, 0) is 54.2 Å². The van der Waals surface area contributed by atoms with Gasteiger partial charge in [0.2, 0.25) is 6.41 Å².